The van der Waals surface area contributed by atoms with Crippen LogP contribution in [0.25, 0.3) is 6.08 Å². The van der Waals surface area contributed by atoms with Gasteiger partial charge in [-0.15, -0.1) is 0 Å². The van der Waals surface area contributed by atoms with Gasteiger partial charge in [0.15, 0.2) is 0 Å². The monoisotopic (exact) mass is 346 g/mol. The van der Waals surface area contributed by atoms with E-state index in [1.165, 1.54) is 24.3 Å². The summed E-state index contributed by atoms with van der Waals surface area (Å²) in [4.78, 5) is 26.6. The summed E-state index contributed by atoms with van der Waals surface area (Å²) in [5.74, 6) is -1.34. The van der Waals surface area contributed by atoms with Gasteiger partial charge in [-0.1, -0.05) is 6.07 Å². The van der Waals surface area contributed by atoms with E-state index in [2.05, 4.69) is 26.2 Å². The lowest BCUT2D eigenvalue weighted by atomic mass is 10.2. The molecule has 0 bridgehead atoms. The Morgan fingerprint density at radius 1 is 1.29 bits per heavy atom. The highest BCUT2D eigenvalue weighted by Gasteiger charge is 2.07. The molecule has 1 amide bonds. The van der Waals surface area contributed by atoms with Crippen LogP contribution in [-0.2, 0) is 4.79 Å². The van der Waals surface area contributed by atoms with E-state index in [0.29, 0.717) is 10.2 Å². The molecule has 0 unspecified atom stereocenters. The van der Waals surface area contributed by atoms with Crippen molar-refractivity contribution >= 4 is 39.6 Å². The van der Waals surface area contributed by atoms with E-state index in [1.54, 1.807) is 24.5 Å². The number of amides is 1. The molecule has 1 aromatic carbocycles. The lowest BCUT2D eigenvalue weighted by molar-refractivity contribution is -0.111. The number of hydrogen-bond donors (Lipinski definition) is 2. The lowest BCUT2D eigenvalue weighted by Crippen LogP contribution is -2.08. The van der Waals surface area contributed by atoms with Crippen molar-refractivity contribution in [1.82, 2.24) is 4.98 Å². The van der Waals surface area contributed by atoms with Crippen molar-refractivity contribution in [3.8, 4) is 0 Å². The highest BCUT2D eigenvalue weighted by Crippen LogP contribution is 2.23. The standard InChI is InChI=1S/C15H11BrN2O3/c16-12-8-11(15(20)21)4-5-13(12)18-14(19)6-3-10-2-1-7-17-9-10/h1-9H,(H,18,19)(H,20,21). The van der Waals surface area contributed by atoms with Crippen LogP contribution < -0.4 is 5.32 Å². The number of carboxylic acid groups (broad SMARTS) is 1. The number of carbonyl (C=O) groups is 2. The number of rotatable bonds is 4. The fourth-order valence-electron chi connectivity index (χ4n) is 1.57. The summed E-state index contributed by atoms with van der Waals surface area (Å²) in [5, 5.41) is 11.5. The van der Waals surface area contributed by atoms with Crippen LogP contribution in [0.2, 0.25) is 0 Å². The molecule has 1 heterocycles. The SMILES string of the molecule is O=C(C=Cc1cccnc1)Nc1ccc(C(=O)O)cc1Br. The molecule has 0 aliphatic rings. The first-order valence-electron chi connectivity index (χ1n) is 5.98. The van der Waals surface area contributed by atoms with E-state index in [0.717, 1.165) is 5.56 Å². The summed E-state index contributed by atoms with van der Waals surface area (Å²) in [6.07, 6.45) is 6.32. The zero-order chi connectivity index (χ0) is 15.2. The first kappa shape index (κ1) is 14.9. The molecular weight excluding hydrogens is 336 g/mol. The number of anilines is 1. The Morgan fingerprint density at radius 2 is 2.10 bits per heavy atom. The van der Waals surface area contributed by atoms with Gasteiger partial charge in [-0.05, 0) is 51.8 Å². The Kier molecular flexibility index (Phi) is 4.84. The van der Waals surface area contributed by atoms with Crippen molar-refractivity contribution in [3.05, 3.63) is 64.4 Å². The van der Waals surface area contributed by atoms with Gasteiger partial charge in [-0.2, -0.15) is 0 Å². The van der Waals surface area contributed by atoms with Crippen molar-refractivity contribution in [2.45, 2.75) is 0 Å². The molecule has 0 spiro atoms. The van der Waals surface area contributed by atoms with Crippen LogP contribution in [-0.4, -0.2) is 22.0 Å². The topological polar surface area (TPSA) is 79.3 Å². The van der Waals surface area contributed by atoms with Crippen LogP contribution in [0.4, 0.5) is 5.69 Å². The number of nitrogens with one attached hydrogen (secondary N) is 1. The smallest absolute Gasteiger partial charge is 0.335 e. The fourth-order valence-corrected chi connectivity index (χ4v) is 2.05. The van der Waals surface area contributed by atoms with Gasteiger partial charge >= 0.3 is 5.97 Å². The Labute approximate surface area is 129 Å². The van der Waals surface area contributed by atoms with Crippen molar-refractivity contribution in [2.75, 3.05) is 5.32 Å². The maximum absolute atomic E-state index is 11.8. The Bertz CT molecular complexity index is 699. The second-order valence-corrected chi connectivity index (χ2v) is 4.96. The van der Waals surface area contributed by atoms with Gasteiger partial charge < -0.3 is 10.4 Å². The van der Waals surface area contributed by atoms with Gasteiger partial charge in [-0.25, -0.2) is 4.79 Å². The number of aromatic carboxylic acids is 1. The molecule has 0 aliphatic carbocycles. The van der Waals surface area contributed by atoms with E-state index < -0.39 is 5.97 Å². The third-order valence-corrected chi connectivity index (χ3v) is 3.24. The molecule has 0 radical (unpaired) electrons. The molecule has 21 heavy (non-hydrogen) atoms. The second kappa shape index (κ2) is 6.81. The summed E-state index contributed by atoms with van der Waals surface area (Å²) in [5.41, 5.74) is 1.46. The van der Waals surface area contributed by atoms with Crippen LogP contribution in [0, 0.1) is 0 Å². The van der Waals surface area contributed by atoms with Gasteiger partial charge in [-0.3, -0.25) is 9.78 Å². The lowest BCUT2D eigenvalue weighted by Gasteiger charge is -2.06. The third-order valence-electron chi connectivity index (χ3n) is 2.59. The number of halogens is 1. The van der Waals surface area contributed by atoms with Crippen LogP contribution in [0.1, 0.15) is 15.9 Å². The molecule has 2 N–H and O–H groups in total. The minimum absolute atomic E-state index is 0.144. The van der Waals surface area contributed by atoms with E-state index >= 15 is 0 Å². The molecule has 1 aromatic heterocycles. The Hall–Kier alpha value is -2.47. The van der Waals surface area contributed by atoms with Crippen LogP contribution in [0.3, 0.4) is 0 Å². The highest BCUT2D eigenvalue weighted by molar-refractivity contribution is 9.10. The molecule has 0 aliphatic heterocycles. The summed E-state index contributed by atoms with van der Waals surface area (Å²) in [6.45, 7) is 0. The summed E-state index contributed by atoms with van der Waals surface area (Å²) in [6, 6.07) is 7.99. The summed E-state index contributed by atoms with van der Waals surface area (Å²) >= 11 is 3.23. The van der Waals surface area contributed by atoms with Crippen molar-refractivity contribution in [3.63, 3.8) is 0 Å². The van der Waals surface area contributed by atoms with Crippen molar-refractivity contribution in [1.29, 1.82) is 0 Å². The number of hydrogen-bond acceptors (Lipinski definition) is 3. The summed E-state index contributed by atoms with van der Waals surface area (Å²) < 4.78 is 0.505. The second-order valence-electron chi connectivity index (χ2n) is 4.11. The number of aromatic nitrogens is 1. The van der Waals surface area contributed by atoms with Gasteiger partial charge in [0.2, 0.25) is 5.91 Å². The summed E-state index contributed by atoms with van der Waals surface area (Å²) in [7, 11) is 0. The van der Waals surface area contributed by atoms with Crippen LogP contribution >= 0.6 is 15.9 Å². The van der Waals surface area contributed by atoms with Crippen molar-refractivity contribution < 1.29 is 14.7 Å². The average Bonchev–Trinajstić information content (AvgIpc) is 2.48. The first-order chi connectivity index (χ1) is 10.1. The zero-order valence-corrected chi connectivity index (χ0v) is 12.4. The molecule has 6 heteroatoms. The van der Waals surface area contributed by atoms with E-state index in [4.69, 9.17) is 5.11 Å². The van der Waals surface area contributed by atoms with Gasteiger partial charge in [0, 0.05) is 22.9 Å². The first-order valence-corrected chi connectivity index (χ1v) is 6.77. The number of nitrogens with zero attached hydrogens (tertiary/aromatic N) is 1. The third kappa shape index (κ3) is 4.25. The molecule has 0 saturated heterocycles. The number of pyridine rings is 1. The Balaban J connectivity index is 2.06. The molecule has 0 fully saturated rings. The number of carboxylic acids is 1. The fraction of sp³-hybridized carbons (Fsp3) is 0. The van der Waals surface area contributed by atoms with E-state index in [1.807, 2.05) is 6.07 Å². The predicted molar refractivity (Wildman–Crippen MR) is 83.0 cm³/mol. The van der Waals surface area contributed by atoms with Crippen molar-refractivity contribution in [2.24, 2.45) is 0 Å². The van der Waals surface area contributed by atoms with E-state index in [-0.39, 0.29) is 11.5 Å². The molecule has 2 aromatic rings. The van der Waals surface area contributed by atoms with Crippen LogP contribution in [0.15, 0.2) is 53.3 Å². The number of carbonyl (C=O) groups excluding carboxylic acids is 1. The molecule has 106 valence electrons. The average molecular weight is 347 g/mol. The largest absolute Gasteiger partial charge is 0.478 e. The normalized spacial score (nSPS) is 10.5. The predicted octanol–water partition coefficient (Wildman–Crippen LogP) is 3.19. The molecular formula is C15H11BrN2O3. The maximum Gasteiger partial charge on any atom is 0.335 e. The molecule has 0 saturated carbocycles. The Morgan fingerprint density at radius 3 is 2.71 bits per heavy atom. The molecule has 0 atom stereocenters. The van der Waals surface area contributed by atoms with Gasteiger partial charge in [0.25, 0.3) is 0 Å². The van der Waals surface area contributed by atoms with Crippen LogP contribution in [0.5, 0.6) is 0 Å². The van der Waals surface area contributed by atoms with E-state index in [9.17, 15) is 9.59 Å². The number of benzene rings is 1. The zero-order valence-electron chi connectivity index (χ0n) is 10.8. The molecule has 2 rings (SSSR count). The molecule has 5 nitrogen and oxygen atoms in total. The minimum atomic E-state index is -1.02. The highest BCUT2D eigenvalue weighted by atomic mass is 79.9. The maximum atomic E-state index is 11.8. The quantitative estimate of drug-likeness (QED) is 0.833. The van der Waals surface area contributed by atoms with Gasteiger partial charge in [0.1, 0.15) is 0 Å². The van der Waals surface area contributed by atoms with Gasteiger partial charge in [0.05, 0.1) is 11.3 Å². The minimum Gasteiger partial charge on any atom is -0.478 e.